The average molecular weight is 800 g/mol. The zero-order chi connectivity index (χ0) is 42.0. The number of carbonyl (C=O) groups is 1. The smallest absolute Gasteiger partial charge is 0.225 e. The molecule has 3 saturated carbocycles. The molecule has 0 heterocycles. The second kappa shape index (κ2) is 19.4. The first kappa shape index (κ1) is 48.4. The molecular weight excluding hydrogens is 711 g/mol. The van der Waals surface area contributed by atoms with E-state index in [-0.39, 0.29) is 48.0 Å². The van der Waals surface area contributed by atoms with Crippen molar-refractivity contribution in [2.75, 3.05) is 0 Å². The van der Waals surface area contributed by atoms with Crippen LogP contribution in [0.1, 0.15) is 176 Å². The first-order valence-corrected chi connectivity index (χ1v) is 27.1. The highest BCUT2D eigenvalue weighted by molar-refractivity contribution is 6.78. The zero-order valence-corrected chi connectivity index (χ0v) is 41.2. The first-order chi connectivity index (χ1) is 25.4. The lowest BCUT2D eigenvalue weighted by molar-refractivity contribution is -0.138. The van der Waals surface area contributed by atoms with Gasteiger partial charge in [0, 0.05) is 18.5 Å². The number of hydrogen-bond acceptors (Lipinski definition) is 4. The van der Waals surface area contributed by atoms with Gasteiger partial charge < -0.3 is 18.9 Å². The number of aliphatic hydroxyl groups is 1. The largest absolute Gasteiger partial charge is 0.413 e. The van der Waals surface area contributed by atoms with Crippen LogP contribution in [0, 0.1) is 23.2 Å². The van der Waals surface area contributed by atoms with Crippen molar-refractivity contribution in [2.24, 2.45) is 23.2 Å². The SMILES string of the molecule is C=C1C(=CC=C2CCC[C@]3(C)[C@@H]([C@H](C)C(O)CC(=O)N(C(C)C)C(C)C)CC[C@@H]23)C[C@@H](O[Si](C(C)C)(C(C)C)C(C)C)C[C@@H]1O[Si](C(C)C)(C(C)C)C(C)C. The van der Waals surface area contributed by atoms with Crippen molar-refractivity contribution in [2.45, 2.75) is 240 Å². The van der Waals surface area contributed by atoms with E-state index >= 15 is 0 Å². The van der Waals surface area contributed by atoms with E-state index in [4.69, 9.17) is 15.4 Å². The van der Waals surface area contributed by atoms with Gasteiger partial charge in [0.2, 0.25) is 22.5 Å². The maximum Gasteiger partial charge on any atom is 0.225 e. The fraction of sp³-hybridized carbons (Fsp3) is 0.854. The monoisotopic (exact) mass is 800 g/mol. The van der Waals surface area contributed by atoms with Gasteiger partial charge in [0.1, 0.15) is 0 Å². The lowest BCUT2D eigenvalue weighted by Crippen LogP contribution is -2.54. The summed E-state index contributed by atoms with van der Waals surface area (Å²) < 4.78 is 15.2. The number of allylic oxidation sites excluding steroid dienone is 3. The Hall–Kier alpha value is -0.996. The summed E-state index contributed by atoms with van der Waals surface area (Å²) in [6.45, 7) is 46.5. The predicted octanol–water partition coefficient (Wildman–Crippen LogP) is 13.6. The summed E-state index contributed by atoms with van der Waals surface area (Å²) in [6.07, 6.45) is 12.1. The third-order valence-corrected chi connectivity index (χ3v) is 27.7. The van der Waals surface area contributed by atoms with Crippen LogP contribution in [0.3, 0.4) is 0 Å². The summed E-state index contributed by atoms with van der Waals surface area (Å²) in [6, 6.07) is 0.255. The summed E-state index contributed by atoms with van der Waals surface area (Å²) in [7, 11) is -4.29. The van der Waals surface area contributed by atoms with E-state index in [1.165, 1.54) is 24.0 Å². The van der Waals surface area contributed by atoms with Gasteiger partial charge in [-0.15, -0.1) is 0 Å². The summed E-state index contributed by atoms with van der Waals surface area (Å²) in [5.41, 5.74) is 7.27. The van der Waals surface area contributed by atoms with Crippen LogP contribution in [-0.2, 0) is 13.6 Å². The van der Waals surface area contributed by atoms with Gasteiger partial charge in [-0.05, 0) is 134 Å². The minimum absolute atomic E-state index is 0.0275. The minimum atomic E-state index is -2.17. The van der Waals surface area contributed by atoms with Crippen molar-refractivity contribution < 1.29 is 18.8 Å². The fourth-order valence-corrected chi connectivity index (χ4v) is 24.2. The Bertz CT molecular complexity index is 1290. The molecule has 1 amide bonds. The van der Waals surface area contributed by atoms with Crippen LogP contribution in [0.15, 0.2) is 35.5 Å². The number of carbonyl (C=O) groups excluding carboxylic acids is 1. The second-order valence-corrected chi connectivity index (χ2v) is 31.9. The summed E-state index contributed by atoms with van der Waals surface area (Å²) in [5.74, 6) is 1.04. The van der Waals surface area contributed by atoms with Crippen LogP contribution in [0.5, 0.6) is 0 Å². The van der Waals surface area contributed by atoms with E-state index < -0.39 is 22.7 Å². The van der Waals surface area contributed by atoms with E-state index in [9.17, 15) is 9.90 Å². The Morgan fingerprint density at radius 3 is 1.76 bits per heavy atom. The van der Waals surface area contributed by atoms with Crippen LogP contribution >= 0.6 is 0 Å². The third kappa shape index (κ3) is 9.90. The fourth-order valence-electron chi connectivity index (χ4n) is 13.0. The number of nitrogens with zero attached hydrogens (tertiary/aromatic N) is 1. The summed E-state index contributed by atoms with van der Waals surface area (Å²) in [4.78, 5) is 15.3. The average Bonchev–Trinajstić information content (AvgIpc) is 3.41. The van der Waals surface area contributed by atoms with E-state index in [0.717, 1.165) is 32.1 Å². The Morgan fingerprint density at radius 1 is 0.800 bits per heavy atom. The quantitative estimate of drug-likeness (QED) is 0.149. The van der Waals surface area contributed by atoms with Gasteiger partial charge in [0.25, 0.3) is 0 Å². The molecule has 0 aliphatic heterocycles. The number of amides is 1. The van der Waals surface area contributed by atoms with Gasteiger partial charge in [-0.25, -0.2) is 0 Å². The molecule has 3 rings (SSSR count). The molecule has 3 aliphatic carbocycles. The molecule has 1 unspecified atom stereocenters. The van der Waals surface area contributed by atoms with E-state index in [1.807, 2.05) is 4.90 Å². The van der Waals surface area contributed by atoms with Crippen molar-refractivity contribution in [1.82, 2.24) is 4.90 Å². The highest BCUT2D eigenvalue weighted by Crippen LogP contribution is 2.60. The normalized spacial score (nSPS) is 28.3. The molecule has 0 radical (unpaired) electrons. The van der Waals surface area contributed by atoms with Crippen molar-refractivity contribution >= 4 is 22.5 Å². The van der Waals surface area contributed by atoms with Crippen LogP contribution in [0.4, 0.5) is 0 Å². The molecule has 0 bridgehead atoms. The Balaban J connectivity index is 2.00. The van der Waals surface area contributed by atoms with Crippen molar-refractivity contribution in [3.05, 3.63) is 35.5 Å². The molecule has 0 aromatic rings. The Kier molecular flexibility index (Phi) is 17.0. The van der Waals surface area contributed by atoms with Crippen LogP contribution in [-0.4, -0.2) is 62.9 Å². The van der Waals surface area contributed by atoms with Gasteiger partial charge >= 0.3 is 0 Å². The number of fused-ring (bicyclic) bond motifs is 1. The number of hydrogen-bond donors (Lipinski definition) is 1. The molecular formula is C48H89NO4Si2. The highest BCUT2D eigenvalue weighted by atomic mass is 28.4. The number of rotatable bonds is 17. The zero-order valence-electron chi connectivity index (χ0n) is 39.2. The lowest BCUT2D eigenvalue weighted by atomic mass is 9.60. The van der Waals surface area contributed by atoms with E-state index in [0.29, 0.717) is 45.1 Å². The first-order valence-electron chi connectivity index (χ1n) is 22.8. The van der Waals surface area contributed by atoms with E-state index in [2.05, 4.69) is 137 Å². The van der Waals surface area contributed by atoms with Crippen LogP contribution in [0.25, 0.3) is 0 Å². The molecule has 0 aromatic heterocycles. The summed E-state index contributed by atoms with van der Waals surface area (Å²) in [5, 5.41) is 11.6. The summed E-state index contributed by atoms with van der Waals surface area (Å²) >= 11 is 0. The molecule has 55 heavy (non-hydrogen) atoms. The lowest BCUT2D eigenvalue weighted by Gasteiger charge is -2.49. The predicted molar refractivity (Wildman–Crippen MR) is 241 cm³/mol. The Labute approximate surface area is 343 Å². The van der Waals surface area contributed by atoms with Gasteiger partial charge in [0.05, 0.1) is 24.7 Å². The maximum atomic E-state index is 13.4. The van der Waals surface area contributed by atoms with Gasteiger partial charge in [-0.1, -0.05) is 121 Å². The Morgan fingerprint density at radius 2 is 1.29 bits per heavy atom. The number of aliphatic hydroxyl groups excluding tert-OH is 1. The molecule has 3 aliphatic rings. The molecule has 7 atom stereocenters. The molecule has 7 heteroatoms. The van der Waals surface area contributed by atoms with Gasteiger partial charge in [-0.2, -0.15) is 0 Å². The van der Waals surface area contributed by atoms with E-state index in [1.54, 1.807) is 5.57 Å². The molecule has 0 saturated heterocycles. The van der Waals surface area contributed by atoms with Crippen LogP contribution < -0.4 is 0 Å². The topological polar surface area (TPSA) is 59.0 Å². The second-order valence-electron chi connectivity index (χ2n) is 21.1. The minimum Gasteiger partial charge on any atom is -0.413 e. The van der Waals surface area contributed by atoms with Crippen LogP contribution in [0.2, 0.25) is 33.2 Å². The third-order valence-electron chi connectivity index (χ3n) is 15.4. The van der Waals surface area contributed by atoms with Crippen molar-refractivity contribution in [3.8, 4) is 0 Å². The maximum absolute atomic E-state index is 13.4. The standard InChI is InChI=1S/C48H89NO4Si2/c1-30(2)49(31(3)4)47(51)29-45(50)39(18)43-24-25-44-40(21-20-26-48(43,44)19)22-23-41-27-42(52-54(32(5)6,33(7)8)34(9)10)28-46(38(41)17)53-55(35(11)12,36(13)14)37(15)16/h22-23,30-37,39,42-46,50H,17,20-21,24-29H2,1-16,18-19H3/t39-,42+,43+,44-,45?,46-,48+/m0/s1. The highest BCUT2D eigenvalue weighted by Gasteiger charge is 2.53. The van der Waals surface area contributed by atoms with Gasteiger partial charge in [-0.3, -0.25) is 4.79 Å². The molecule has 5 nitrogen and oxygen atoms in total. The molecule has 1 N–H and O–H groups in total. The molecule has 3 fully saturated rings. The van der Waals surface area contributed by atoms with Gasteiger partial charge in [0.15, 0.2) is 0 Å². The molecule has 0 spiro atoms. The van der Waals surface area contributed by atoms with Crippen molar-refractivity contribution in [3.63, 3.8) is 0 Å². The van der Waals surface area contributed by atoms with Crippen molar-refractivity contribution in [1.29, 1.82) is 0 Å². The molecule has 0 aromatic carbocycles. The molecule has 318 valence electrons.